The maximum atomic E-state index is 12.5. The molecule has 29 heavy (non-hydrogen) atoms. The van der Waals surface area contributed by atoms with E-state index < -0.39 is 0 Å². The number of nitrogens with zero attached hydrogens (tertiary/aromatic N) is 1. The molecule has 2 heterocycles. The fourth-order valence-corrected chi connectivity index (χ4v) is 3.65. The van der Waals surface area contributed by atoms with E-state index in [1.54, 1.807) is 18.2 Å². The number of hydrogen-bond donors (Lipinski definition) is 0. The molecular weight excluding hydrogens is 366 g/mol. The van der Waals surface area contributed by atoms with Crippen LogP contribution in [0.5, 0.6) is 5.75 Å². The number of ether oxygens (including phenoxy) is 2. The zero-order valence-electron chi connectivity index (χ0n) is 16.0. The van der Waals surface area contributed by atoms with Gasteiger partial charge < -0.3 is 18.8 Å². The summed E-state index contributed by atoms with van der Waals surface area (Å²) in [5.41, 5.74) is 1.58. The van der Waals surface area contributed by atoms with Gasteiger partial charge in [0.25, 0.3) is 0 Å². The molecule has 5 nitrogen and oxygen atoms in total. The lowest BCUT2D eigenvalue weighted by molar-refractivity contribution is 0.121. The van der Waals surface area contributed by atoms with Crippen LogP contribution < -0.4 is 15.1 Å². The van der Waals surface area contributed by atoms with Crippen molar-refractivity contribution in [3.8, 4) is 5.75 Å². The Morgan fingerprint density at radius 1 is 0.897 bits per heavy atom. The summed E-state index contributed by atoms with van der Waals surface area (Å²) in [6.07, 6.45) is 0. The quantitative estimate of drug-likeness (QED) is 0.521. The molecule has 5 heteroatoms. The van der Waals surface area contributed by atoms with E-state index in [0.29, 0.717) is 55.5 Å². The van der Waals surface area contributed by atoms with Crippen LogP contribution in [0.25, 0.3) is 21.7 Å². The average Bonchev–Trinajstić information content (AvgIpc) is 2.78. The third-order valence-corrected chi connectivity index (χ3v) is 5.23. The van der Waals surface area contributed by atoms with Crippen LogP contribution in [-0.2, 0) is 11.3 Å². The van der Waals surface area contributed by atoms with Crippen LogP contribution in [0.15, 0.2) is 75.9 Å². The molecule has 5 rings (SSSR count). The van der Waals surface area contributed by atoms with E-state index >= 15 is 0 Å². The van der Waals surface area contributed by atoms with Gasteiger partial charge in [0, 0.05) is 25.2 Å². The molecule has 1 aliphatic heterocycles. The Kier molecular flexibility index (Phi) is 4.66. The van der Waals surface area contributed by atoms with Crippen molar-refractivity contribution in [2.24, 2.45) is 0 Å². The standard InChI is InChI=1S/C24H21NO4/c26-22-15-24(25-9-11-27-12-10-25)29-23-14-20(7-8-21(22)23)28-16-17-5-6-18-3-1-2-4-19(18)13-17/h1-8,13-15H,9-12,16H2. The summed E-state index contributed by atoms with van der Waals surface area (Å²) in [4.78, 5) is 14.5. The maximum Gasteiger partial charge on any atom is 0.200 e. The SMILES string of the molecule is O=c1cc(N2CCOCC2)oc2cc(OCc3ccc4ccccc4c3)ccc12. The van der Waals surface area contributed by atoms with Gasteiger partial charge in [0.1, 0.15) is 17.9 Å². The zero-order chi connectivity index (χ0) is 19.6. The normalized spacial score (nSPS) is 14.4. The molecule has 0 saturated carbocycles. The number of hydrogen-bond acceptors (Lipinski definition) is 5. The second-order valence-corrected chi connectivity index (χ2v) is 7.18. The minimum absolute atomic E-state index is 0.0474. The van der Waals surface area contributed by atoms with Crippen molar-refractivity contribution in [2.45, 2.75) is 6.61 Å². The Balaban J connectivity index is 1.40. The molecular formula is C24H21NO4. The molecule has 4 aromatic rings. The van der Waals surface area contributed by atoms with Crippen molar-refractivity contribution in [1.29, 1.82) is 0 Å². The number of morpholine rings is 1. The molecule has 3 aromatic carbocycles. The van der Waals surface area contributed by atoms with E-state index in [2.05, 4.69) is 30.3 Å². The topological polar surface area (TPSA) is 51.9 Å². The van der Waals surface area contributed by atoms with Crippen molar-refractivity contribution in [1.82, 2.24) is 0 Å². The van der Waals surface area contributed by atoms with Gasteiger partial charge in [0.2, 0.25) is 0 Å². The third kappa shape index (κ3) is 3.69. The van der Waals surface area contributed by atoms with Crippen LogP contribution in [0.2, 0.25) is 0 Å². The first-order valence-corrected chi connectivity index (χ1v) is 9.77. The lowest BCUT2D eigenvalue weighted by Gasteiger charge is -2.27. The van der Waals surface area contributed by atoms with Gasteiger partial charge in [0.05, 0.1) is 18.6 Å². The second kappa shape index (κ2) is 7.60. The van der Waals surface area contributed by atoms with Gasteiger partial charge in [-0.05, 0) is 34.5 Å². The van der Waals surface area contributed by atoms with Crippen molar-refractivity contribution in [3.63, 3.8) is 0 Å². The van der Waals surface area contributed by atoms with Gasteiger partial charge in [-0.3, -0.25) is 4.79 Å². The molecule has 1 aliphatic rings. The Morgan fingerprint density at radius 3 is 2.59 bits per heavy atom. The molecule has 0 bridgehead atoms. The second-order valence-electron chi connectivity index (χ2n) is 7.18. The summed E-state index contributed by atoms with van der Waals surface area (Å²) in [5, 5.41) is 2.95. The molecule has 0 N–H and O–H groups in total. The van der Waals surface area contributed by atoms with Gasteiger partial charge in [-0.25, -0.2) is 0 Å². The summed E-state index contributed by atoms with van der Waals surface area (Å²) < 4.78 is 17.4. The highest BCUT2D eigenvalue weighted by atomic mass is 16.5. The molecule has 1 saturated heterocycles. The monoisotopic (exact) mass is 387 g/mol. The van der Waals surface area contributed by atoms with Crippen LogP contribution in [0.3, 0.4) is 0 Å². The number of rotatable bonds is 4. The largest absolute Gasteiger partial charge is 0.489 e. The van der Waals surface area contributed by atoms with Crippen LogP contribution in [0.1, 0.15) is 5.56 Å². The van der Waals surface area contributed by atoms with E-state index in [1.807, 2.05) is 23.1 Å². The molecule has 146 valence electrons. The number of anilines is 1. The molecule has 0 radical (unpaired) electrons. The molecule has 0 amide bonds. The summed E-state index contributed by atoms with van der Waals surface area (Å²) in [7, 11) is 0. The minimum atomic E-state index is -0.0474. The van der Waals surface area contributed by atoms with Crippen molar-refractivity contribution in [3.05, 3.63) is 82.5 Å². The summed E-state index contributed by atoms with van der Waals surface area (Å²) >= 11 is 0. The molecule has 1 fully saturated rings. The Bertz CT molecular complexity index is 1220. The van der Waals surface area contributed by atoms with Crippen LogP contribution >= 0.6 is 0 Å². The Morgan fingerprint density at radius 2 is 1.72 bits per heavy atom. The van der Waals surface area contributed by atoms with Gasteiger partial charge in [-0.15, -0.1) is 0 Å². The number of benzene rings is 3. The highest BCUT2D eigenvalue weighted by Crippen LogP contribution is 2.25. The van der Waals surface area contributed by atoms with Crippen molar-refractivity contribution in [2.75, 3.05) is 31.2 Å². The summed E-state index contributed by atoms with van der Waals surface area (Å²) in [5.74, 6) is 1.26. The van der Waals surface area contributed by atoms with Gasteiger partial charge in [-0.2, -0.15) is 0 Å². The smallest absolute Gasteiger partial charge is 0.200 e. The van der Waals surface area contributed by atoms with Gasteiger partial charge in [0.15, 0.2) is 11.3 Å². The molecule has 0 aliphatic carbocycles. The molecule has 0 atom stereocenters. The predicted octanol–water partition coefficient (Wildman–Crippen LogP) is 4.36. The van der Waals surface area contributed by atoms with Crippen molar-refractivity contribution < 1.29 is 13.9 Å². The van der Waals surface area contributed by atoms with E-state index in [9.17, 15) is 4.79 Å². The van der Waals surface area contributed by atoms with E-state index in [0.717, 1.165) is 5.56 Å². The van der Waals surface area contributed by atoms with Gasteiger partial charge in [-0.1, -0.05) is 36.4 Å². The number of fused-ring (bicyclic) bond motifs is 2. The van der Waals surface area contributed by atoms with Crippen molar-refractivity contribution >= 4 is 27.6 Å². The first-order valence-electron chi connectivity index (χ1n) is 9.77. The molecule has 1 aromatic heterocycles. The van der Waals surface area contributed by atoms with E-state index in [4.69, 9.17) is 13.9 Å². The fraction of sp³-hybridized carbons (Fsp3) is 0.208. The van der Waals surface area contributed by atoms with Crippen LogP contribution in [-0.4, -0.2) is 26.3 Å². The van der Waals surface area contributed by atoms with Crippen LogP contribution in [0.4, 0.5) is 5.88 Å². The molecule has 0 unspecified atom stereocenters. The third-order valence-electron chi connectivity index (χ3n) is 5.23. The zero-order valence-corrected chi connectivity index (χ0v) is 16.0. The first kappa shape index (κ1) is 17.8. The lowest BCUT2D eigenvalue weighted by Crippen LogP contribution is -2.36. The van der Waals surface area contributed by atoms with Crippen LogP contribution in [0, 0.1) is 0 Å². The minimum Gasteiger partial charge on any atom is -0.489 e. The lowest BCUT2D eigenvalue weighted by atomic mass is 10.1. The summed E-state index contributed by atoms with van der Waals surface area (Å²) in [6, 6.07) is 21.5. The molecule has 0 spiro atoms. The first-order chi connectivity index (χ1) is 14.3. The van der Waals surface area contributed by atoms with E-state index in [-0.39, 0.29) is 5.43 Å². The fourth-order valence-electron chi connectivity index (χ4n) is 3.65. The van der Waals surface area contributed by atoms with Gasteiger partial charge >= 0.3 is 0 Å². The predicted molar refractivity (Wildman–Crippen MR) is 114 cm³/mol. The highest BCUT2D eigenvalue weighted by Gasteiger charge is 2.15. The average molecular weight is 387 g/mol. The Hall–Kier alpha value is -3.31. The Labute approximate surface area is 168 Å². The summed E-state index contributed by atoms with van der Waals surface area (Å²) in [6.45, 7) is 3.15. The van der Waals surface area contributed by atoms with E-state index in [1.165, 1.54) is 10.8 Å². The highest BCUT2D eigenvalue weighted by molar-refractivity contribution is 5.83. The maximum absolute atomic E-state index is 12.5.